The summed E-state index contributed by atoms with van der Waals surface area (Å²) in [5, 5.41) is 14.4. The van der Waals surface area contributed by atoms with Crippen molar-refractivity contribution in [3.8, 4) is 16.9 Å². The monoisotopic (exact) mass is 564 g/mol. The van der Waals surface area contributed by atoms with Gasteiger partial charge < -0.3 is 19.4 Å². The maximum Gasteiger partial charge on any atom is 0.341 e. The van der Waals surface area contributed by atoms with Gasteiger partial charge in [-0.2, -0.15) is 0 Å². The largest absolute Gasteiger partial charge is 0.486 e. The molecule has 0 aliphatic carbocycles. The Morgan fingerprint density at radius 2 is 1.77 bits per heavy atom. The van der Waals surface area contributed by atoms with Crippen LogP contribution in [0.25, 0.3) is 11.1 Å². The molecule has 4 aromatic rings. The molecule has 8 nitrogen and oxygen atoms in total. The summed E-state index contributed by atoms with van der Waals surface area (Å²) < 4.78 is 12.9. The van der Waals surface area contributed by atoms with Gasteiger partial charge in [0.25, 0.3) is 0 Å². The molecule has 0 aliphatic heterocycles. The molecule has 0 unspecified atom stereocenters. The van der Waals surface area contributed by atoms with Gasteiger partial charge in [0.2, 0.25) is 5.91 Å². The van der Waals surface area contributed by atoms with Crippen LogP contribution in [0.5, 0.6) is 5.75 Å². The molecule has 0 spiro atoms. The van der Waals surface area contributed by atoms with E-state index in [0.717, 1.165) is 33.6 Å². The third-order valence-electron chi connectivity index (χ3n) is 6.41. The summed E-state index contributed by atoms with van der Waals surface area (Å²) in [6, 6.07) is 12.0. The zero-order valence-corrected chi connectivity index (χ0v) is 24.6. The SMILES string of the molecule is CCn1c(COc2ccc(C)c(C)c2)nnc1SCC(=O)Nc1scc(-c2cc(C)ccc2C)c1C(=O)OC. The first-order chi connectivity index (χ1) is 18.7. The third-order valence-corrected chi connectivity index (χ3v) is 8.27. The Bertz CT molecular complexity index is 1510. The standard InChI is InChI=1S/C29H32N4O4S2/c1-7-33-24(14-37-21-11-10-18(3)20(5)13-21)31-32-29(33)39-16-25(34)30-27-26(28(35)36-6)23(15-38-27)22-12-17(2)8-9-19(22)4/h8-13,15H,7,14,16H2,1-6H3,(H,30,34). The molecule has 0 aliphatic rings. The number of benzene rings is 2. The van der Waals surface area contributed by atoms with Gasteiger partial charge in [-0.3, -0.25) is 4.79 Å². The number of anilines is 1. The van der Waals surface area contributed by atoms with Crippen molar-refractivity contribution in [2.24, 2.45) is 0 Å². The van der Waals surface area contributed by atoms with E-state index in [9.17, 15) is 9.59 Å². The number of rotatable bonds is 10. The smallest absolute Gasteiger partial charge is 0.341 e. The summed E-state index contributed by atoms with van der Waals surface area (Å²) in [5.41, 5.74) is 6.53. The molecule has 10 heteroatoms. The highest BCUT2D eigenvalue weighted by Gasteiger charge is 2.24. The second-order valence-electron chi connectivity index (χ2n) is 9.18. The lowest BCUT2D eigenvalue weighted by Gasteiger charge is -2.11. The maximum atomic E-state index is 12.9. The van der Waals surface area contributed by atoms with E-state index in [-0.39, 0.29) is 18.3 Å². The molecular formula is C29H32N4O4S2. The minimum Gasteiger partial charge on any atom is -0.486 e. The normalized spacial score (nSPS) is 10.9. The third kappa shape index (κ3) is 6.51. The maximum absolute atomic E-state index is 12.9. The number of ether oxygens (including phenoxy) is 2. The number of esters is 1. The van der Waals surface area contributed by atoms with Crippen LogP contribution < -0.4 is 10.1 Å². The van der Waals surface area contributed by atoms with E-state index in [1.807, 2.05) is 74.0 Å². The Labute approximate surface area is 236 Å². The molecule has 0 saturated heterocycles. The molecule has 2 heterocycles. The van der Waals surface area contributed by atoms with Gasteiger partial charge in [-0.1, -0.05) is 41.6 Å². The van der Waals surface area contributed by atoms with Gasteiger partial charge in [0.15, 0.2) is 11.0 Å². The van der Waals surface area contributed by atoms with Gasteiger partial charge in [-0.25, -0.2) is 4.79 Å². The number of thioether (sulfide) groups is 1. The predicted molar refractivity (Wildman–Crippen MR) is 156 cm³/mol. The van der Waals surface area contributed by atoms with Crippen LogP contribution in [-0.4, -0.2) is 39.5 Å². The summed E-state index contributed by atoms with van der Waals surface area (Å²) in [6.07, 6.45) is 0. The van der Waals surface area contributed by atoms with Crippen LogP contribution in [0.2, 0.25) is 0 Å². The van der Waals surface area contributed by atoms with Gasteiger partial charge in [0.1, 0.15) is 22.9 Å². The van der Waals surface area contributed by atoms with Crippen molar-refractivity contribution in [2.75, 3.05) is 18.2 Å². The number of nitrogens with one attached hydrogen (secondary N) is 1. The number of carbonyl (C=O) groups excluding carboxylic acids is 2. The number of amides is 1. The van der Waals surface area contributed by atoms with E-state index in [1.54, 1.807) is 0 Å². The van der Waals surface area contributed by atoms with Crippen molar-refractivity contribution in [1.29, 1.82) is 0 Å². The number of hydrogen-bond donors (Lipinski definition) is 1. The number of carbonyl (C=O) groups is 2. The molecule has 2 aromatic heterocycles. The highest BCUT2D eigenvalue weighted by Crippen LogP contribution is 2.38. The predicted octanol–water partition coefficient (Wildman–Crippen LogP) is 6.36. The van der Waals surface area contributed by atoms with E-state index < -0.39 is 5.97 Å². The van der Waals surface area contributed by atoms with Crippen LogP contribution in [0.4, 0.5) is 5.00 Å². The van der Waals surface area contributed by atoms with E-state index >= 15 is 0 Å². The number of aryl methyl sites for hydroxylation is 4. The summed E-state index contributed by atoms with van der Waals surface area (Å²) in [5.74, 6) is 0.818. The highest BCUT2D eigenvalue weighted by atomic mass is 32.2. The van der Waals surface area contributed by atoms with Crippen LogP contribution in [0, 0.1) is 27.7 Å². The lowest BCUT2D eigenvalue weighted by molar-refractivity contribution is -0.113. The van der Waals surface area contributed by atoms with Crippen molar-refractivity contribution in [3.05, 3.63) is 75.4 Å². The highest BCUT2D eigenvalue weighted by molar-refractivity contribution is 7.99. The lowest BCUT2D eigenvalue weighted by atomic mass is 9.97. The molecular weight excluding hydrogens is 532 g/mol. The average molecular weight is 565 g/mol. The fraction of sp³-hybridized carbons (Fsp3) is 0.310. The Morgan fingerprint density at radius 1 is 1.00 bits per heavy atom. The van der Waals surface area contributed by atoms with E-state index in [1.165, 1.54) is 35.8 Å². The summed E-state index contributed by atoms with van der Waals surface area (Å²) >= 11 is 2.59. The molecule has 0 saturated carbocycles. The average Bonchev–Trinajstić information content (AvgIpc) is 3.52. The second-order valence-corrected chi connectivity index (χ2v) is 11.0. The molecule has 39 heavy (non-hydrogen) atoms. The van der Waals surface area contributed by atoms with Crippen molar-refractivity contribution >= 4 is 40.0 Å². The summed E-state index contributed by atoms with van der Waals surface area (Å²) in [6.45, 7) is 11.0. The van der Waals surface area contributed by atoms with Crippen LogP contribution in [0.3, 0.4) is 0 Å². The molecule has 1 amide bonds. The van der Waals surface area contributed by atoms with Crippen LogP contribution in [0.15, 0.2) is 46.9 Å². The topological polar surface area (TPSA) is 95.3 Å². The Kier molecular flexibility index (Phi) is 9.08. The number of aromatic nitrogens is 3. The van der Waals surface area contributed by atoms with Gasteiger partial charge in [0.05, 0.1) is 12.9 Å². The number of nitrogens with zero attached hydrogens (tertiary/aromatic N) is 3. The minimum absolute atomic E-state index is 0.105. The summed E-state index contributed by atoms with van der Waals surface area (Å²) in [4.78, 5) is 25.7. The molecule has 4 rings (SSSR count). The first-order valence-corrected chi connectivity index (χ1v) is 14.4. The second kappa shape index (κ2) is 12.5. The molecule has 0 atom stereocenters. The van der Waals surface area contributed by atoms with E-state index in [0.29, 0.717) is 28.1 Å². The molecule has 0 bridgehead atoms. The minimum atomic E-state index is -0.491. The van der Waals surface area contributed by atoms with Crippen molar-refractivity contribution in [1.82, 2.24) is 14.8 Å². The Morgan fingerprint density at radius 3 is 2.49 bits per heavy atom. The zero-order chi connectivity index (χ0) is 28.1. The van der Waals surface area contributed by atoms with E-state index in [4.69, 9.17) is 9.47 Å². The Hall–Kier alpha value is -3.63. The number of thiophene rings is 1. The van der Waals surface area contributed by atoms with Gasteiger partial charge in [-0.05, 0) is 69.0 Å². The van der Waals surface area contributed by atoms with Gasteiger partial charge in [0, 0.05) is 17.5 Å². The molecule has 0 radical (unpaired) electrons. The fourth-order valence-corrected chi connectivity index (χ4v) is 5.86. The van der Waals surface area contributed by atoms with Crippen molar-refractivity contribution < 1.29 is 19.1 Å². The quantitative estimate of drug-likeness (QED) is 0.177. The Balaban J connectivity index is 1.45. The zero-order valence-electron chi connectivity index (χ0n) is 23.0. The summed E-state index contributed by atoms with van der Waals surface area (Å²) in [7, 11) is 1.34. The van der Waals surface area contributed by atoms with E-state index in [2.05, 4.69) is 22.4 Å². The van der Waals surface area contributed by atoms with Crippen LogP contribution in [-0.2, 0) is 22.7 Å². The number of hydrogen-bond acceptors (Lipinski definition) is 8. The lowest BCUT2D eigenvalue weighted by Crippen LogP contribution is -2.16. The van der Waals surface area contributed by atoms with Crippen molar-refractivity contribution in [2.45, 2.75) is 52.9 Å². The van der Waals surface area contributed by atoms with Crippen LogP contribution in [0.1, 0.15) is 45.4 Å². The van der Waals surface area contributed by atoms with Crippen LogP contribution >= 0.6 is 23.1 Å². The molecule has 1 N–H and O–H groups in total. The first-order valence-electron chi connectivity index (χ1n) is 12.5. The van der Waals surface area contributed by atoms with Gasteiger partial charge in [-0.15, -0.1) is 21.5 Å². The molecule has 204 valence electrons. The fourth-order valence-electron chi connectivity index (χ4n) is 4.07. The van der Waals surface area contributed by atoms with Gasteiger partial charge >= 0.3 is 5.97 Å². The molecule has 0 fully saturated rings. The van der Waals surface area contributed by atoms with Crippen molar-refractivity contribution in [3.63, 3.8) is 0 Å². The molecule has 2 aromatic carbocycles. The first kappa shape index (κ1) is 28.4. The number of methoxy groups -OCH3 is 1.